The van der Waals surface area contributed by atoms with Crippen LogP contribution in [-0.2, 0) is 0 Å². The van der Waals surface area contributed by atoms with Crippen molar-refractivity contribution in [2.75, 3.05) is 44.7 Å². The van der Waals surface area contributed by atoms with Gasteiger partial charge < -0.3 is 27.0 Å². The van der Waals surface area contributed by atoms with Gasteiger partial charge in [0.2, 0.25) is 0 Å². The summed E-state index contributed by atoms with van der Waals surface area (Å²) in [4.78, 5) is 2.39. The Morgan fingerprint density at radius 3 is 2.38 bits per heavy atom. The fourth-order valence-electron chi connectivity index (χ4n) is 3.08. The molecule has 0 saturated carbocycles. The van der Waals surface area contributed by atoms with Gasteiger partial charge in [0.05, 0.1) is 0 Å². The molecule has 0 radical (unpaired) electrons. The molecule has 2 rings (SSSR count). The molecule has 5 nitrogen and oxygen atoms in total. The number of rotatable bonds is 10. The van der Waals surface area contributed by atoms with E-state index in [9.17, 15) is 0 Å². The first-order valence-electron chi connectivity index (χ1n) is 9.62. The summed E-state index contributed by atoms with van der Waals surface area (Å²) < 4.78 is 0. The Bertz CT molecular complexity index is 562. The van der Waals surface area contributed by atoms with Crippen molar-refractivity contribution in [1.29, 1.82) is 0 Å². The zero-order valence-electron chi connectivity index (χ0n) is 16.8. The molecule has 1 aliphatic rings. The van der Waals surface area contributed by atoms with E-state index in [1.54, 1.807) is 0 Å². The average Bonchev–Trinajstić information content (AvgIpc) is 3.10. The summed E-state index contributed by atoms with van der Waals surface area (Å²) in [6.07, 6.45) is 3.24. The number of nitrogens with one attached hydrogen (secondary N) is 2. The second-order valence-corrected chi connectivity index (χ2v) is 6.43. The SMILES string of the molecule is C=C(NCCNCCN(CC)c1ccc(C)cc1)C1=C(N)CCC1.CN. The van der Waals surface area contributed by atoms with E-state index in [1.165, 1.54) is 23.9 Å². The minimum absolute atomic E-state index is 0.881. The molecule has 1 aromatic carbocycles. The molecular formula is C21H37N5. The first-order chi connectivity index (χ1) is 12.6. The van der Waals surface area contributed by atoms with Crippen LogP contribution >= 0.6 is 0 Å². The van der Waals surface area contributed by atoms with Crippen LogP contribution in [0.2, 0.25) is 0 Å². The van der Waals surface area contributed by atoms with Crippen LogP contribution in [-0.4, -0.2) is 39.8 Å². The number of anilines is 1. The summed E-state index contributed by atoms with van der Waals surface area (Å²) in [6, 6.07) is 8.74. The lowest BCUT2D eigenvalue weighted by Gasteiger charge is -2.23. The second-order valence-electron chi connectivity index (χ2n) is 6.43. The van der Waals surface area contributed by atoms with E-state index in [0.29, 0.717) is 0 Å². The topological polar surface area (TPSA) is 79.3 Å². The Balaban J connectivity index is 0.00000163. The lowest BCUT2D eigenvalue weighted by atomic mass is 10.2. The highest BCUT2D eigenvalue weighted by atomic mass is 15.1. The monoisotopic (exact) mass is 359 g/mol. The maximum absolute atomic E-state index is 6.00. The third kappa shape index (κ3) is 7.10. The lowest BCUT2D eigenvalue weighted by Crippen LogP contribution is -2.35. The first kappa shape index (κ1) is 22.1. The van der Waals surface area contributed by atoms with Crippen LogP contribution in [0.4, 0.5) is 5.69 Å². The zero-order chi connectivity index (χ0) is 19.4. The third-order valence-electron chi connectivity index (χ3n) is 4.60. The van der Waals surface area contributed by atoms with Gasteiger partial charge in [0.15, 0.2) is 0 Å². The van der Waals surface area contributed by atoms with E-state index in [4.69, 9.17) is 5.73 Å². The molecule has 0 spiro atoms. The summed E-state index contributed by atoms with van der Waals surface area (Å²) in [6.45, 7) is 13.2. The zero-order valence-corrected chi connectivity index (χ0v) is 16.8. The molecule has 6 N–H and O–H groups in total. The Labute approximate surface area is 159 Å². The van der Waals surface area contributed by atoms with Crippen LogP contribution in [0.3, 0.4) is 0 Å². The smallest absolute Gasteiger partial charge is 0.0366 e. The van der Waals surface area contributed by atoms with Crippen LogP contribution in [0.5, 0.6) is 0 Å². The van der Waals surface area contributed by atoms with E-state index in [0.717, 1.165) is 63.4 Å². The largest absolute Gasteiger partial charge is 0.402 e. The molecule has 0 unspecified atom stereocenters. The second kappa shape index (κ2) is 12.4. The summed E-state index contributed by atoms with van der Waals surface area (Å²) in [5.74, 6) is 0. The Morgan fingerprint density at radius 1 is 1.12 bits per heavy atom. The molecule has 1 aliphatic carbocycles. The van der Waals surface area contributed by atoms with E-state index in [1.807, 2.05) is 0 Å². The van der Waals surface area contributed by atoms with Gasteiger partial charge in [-0.3, -0.25) is 0 Å². The van der Waals surface area contributed by atoms with E-state index in [2.05, 4.69) is 66.0 Å². The van der Waals surface area contributed by atoms with E-state index in [-0.39, 0.29) is 0 Å². The van der Waals surface area contributed by atoms with Gasteiger partial charge in [-0.25, -0.2) is 0 Å². The maximum Gasteiger partial charge on any atom is 0.0366 e. The van der Waals surface area contributed by atoms with Crippen molar-refractivity contribution in [3.63, 3.8) is 0 Å². The van der Waals surface area contributed by atoms with Crippen molar-refractivity contribution < 1.29 is 0 Å². The summed E-state index contributed by atoms with van der Waals surface area (Å²) in [5, 5.41) is 6.88. The van der Waals surface area contributed by atoms with Gasteiger partial charge in [0, 0.05) is 49.8 Å². The number of likely N-dealkylation sites (N-methyl/N-ethyl adjacent to an activating group) is 1. The molecule has 0 aliphatic heterocycles. The van der Waals surface area contributed by atoms with Gasteiger partial charge in [-0.05, 0) is 57.9 Å². The number of hydrogen-bond acceptors (Lipinski definition) is 5. The predicted octanol–water partition coefficient (Wildman–Crippen LogP) is 2.49. The molecule has 146 valence electrons. The number of benzene rings is 1. The minimum Gasteiger partial charge on any atom is -0.402 e. The first-order valence-corrected chi connectivity index (χ1v) is 9.62. The summed E-state index contributed by atoms with van der Waals surface area (Å²) in [5.41, 5.74) is 16.3. The van der Waals surface area contributed by atoms with Gasteiger partial charge in [-0.1, -0.05) is 24.3 Å². The fraction of sp³-hybridized carbons (Fsp3) is 0.524. The van der Waals surface area contributed by atoms with E-state index < -0.39 is 0 Å². The van der Waals surface area contributed by atoms with E-state index >= 15 is 0 Å². The summed E-state index contributed by atoms with van der Waals surface area (Å²) >= 11 is 0. The third-order valence-corrected chi connectivity index (χ3v) is 4.60. The maximum atomic E-state index is 6.00. The molecular weight excluding hydrogens is 322 g/mol. The van der Waals surface area contributed by atoms with Crippen molar-refractivity contribution in [2.45, 2.75) is 33.1 Å². The van der Waals surface area contributed by atoms with Gasteiger partial charge in [0.25, 0.3) is 0 Å². The highest BCUT2D eigenvalue weighted by molar-refractivity contribution is 5.47. The molecule has 1 aromatic rings. The van der Waals surface area contributed by atoms with Crippen LogP contribution in [0.15, 0.2) is 47.8 Å². The van der Waals surface area contributed by atoms with Gasteiger partial charge in [-0.2, -0.15) is 0 Å². The molecule has 0 bridgehead atoms. The molecule has 0 fully saturated rings. The molecule has 5 heteroatoms. The lowest BCUT2D eigenvalue weighted by molar-refractivity contribution is 0.639. The Hall–Kier alpha value is -1.98. The standard InChI is InChI=1S/C20H32N4.CH5N/c1-4-24(18-10-8-16(2)9-11-18)15-14-22-12-13-23-17(3)19-6-5-7-20(19)21;1-2/h8-11,22-23H,3-7,12-15,21H2,1-2H3;2H2,1H3. The number of aryl methyl sites for hydroxylation is 1. The minimum atomic E-state index is 0.881. The van der Waals surface area contributed by atoms with Crippen molar-refractivity contribution in [3.05, 3.63) is 53.4 Å². The molecule has 26 heavy (non-hydrogen) atoms. The van der Waals surface area contributed by atoms with Crippen LogP contribution in [0.1, 0.15) is 31.7 Å². The quantitative estimate of drug-likeness (QED) is 0.483. The molecule has 0 amide bonds. The van der Waals surface area contributed by atoms with Crippen LogP contribution < -0.4 is 27.0 Å². The molecule has 0 aromatic heterocycles. The average molecular weight is 360 g/mol. The number of allylic oxidation sites excluding steroid dienone is 2. The number of nitrogens with two attached hydrogens (primary N) is 2. The number of nitrogens with zero attached hydrogens (tertiary/aromatic N) is 1. The van der Waals surface area contributed by atoms with Crippen molar-refractivity contribution >= 4 is 5.69 Å². The fourth-order valence-corrected chi connectivity index (χ4v) is 3.08. The molecule has 0 atom stereocenters. The van der Waals surface area contributed by atoms with Crippen molar-refractivity contribution in [3.8, 4) is 0 Å². The van der Waals surface area contributed by atoms with Gasteiger partial charge in [0.1, 0.15) is 0 Å². The highest BCUT2D eigenvalue weighted by Crippen LogP contribution is 2.25. The number of hydrogen-bond donors (Lipinski definition) is 4. The summed E-state index contributed by atoms with van der Waals surface area (Å²) in [7, 11) is 1.50. The molecule has 0 saturated heterocycles. The predicted molar refractivity (Wildman–Crippen MR) is 114 cm³/mol. The van der Waals surface area contributed by atoms with Crippen LogP contribution in [0.25, 0.3) is 0 Å². The van der Waals surface area contributed by atoms with Crippen LogP contribution in [0, 0.1) is 6.92 Å². The van der Waals surface area contributed by atoms with Crippen molar-refractivity contribution in [1.82, 2.24) is 10.6 Å². The highest BCUT2D eigenvalue weighted by Gasteiger charge is 2.13. The Morgan fingerprint density at radius 2 is 1.81 bits per heavy atom. The van der Waals surface area contributed by atoms with Crippen molar-refractivity contribution in [2.24, 2.45) is 11.5 Å². The normalized spacial score (nSPS) is 13.2. The molecule has 0 heterocycles. The van der Waals surface area contributed by atoms with Gasteiger partial charge in [-0.15, -0.1) is 0 Å². The van der Waals surface area contributed by atoms with Gasteiger partial charge >= 0.3 is 0 Å². The Kier molecular flexibility index (Phi) is 10.5.